The third kappa shape index (κ3) is 4.21. The molecule has 1 atom stereocenters. The van der Waals surface area contributed by atoms with E-state index >= 15 is 0 Å². The van der Waals surface area contributed by atoms with Crippen LogP contribution >= 0.6 is 11.6 Å². The highest BCUT2D eigenvalue weighted by Gasteiger charge is 2.25. The summed E-state index contributed by atoms with van der Waals surface area (Å²) < 4.78 is 0. The highest BCUT2D eigenvalue weighted by molar-refractivity contribution is 6.30. The summed E-state index contributed by atoms with van der Waals surface area (Å²) in [5, 5.41) is 2.40. The maximum atomic E-state index is 12.4. The van der Waals surface area contributed by atoms with E-state index in [2.05, 4.69) is 5.32 Å². The molecule has 1 aliphatic rings. The Balaban J connectivity index is 1.87. The molecular formula is C16H21ClN2O2. The maximum absolute atomic E-state index is 12.4. The lowest BCUT2D eigenvalue weighted by Gasteiger charge is -2.32. The van der Waals surface area contributed by atoms with Crippen LogP contribution in [0.4, 0.5) is 0 Å². The Morgan fingerprint density at radius 3 is 2.33 bits per heavy atom. The third-order valence-electron chi connectivity index (χ3n) is 3.79. The van der Waals surface area contributed by atoms with Crippen LogP contribution in [0.1, 0.15) is 35.7 Å². The summed E-state index contributed by atoms with van der Waals surface area (Å²) in [4.78, 5) is 25.8. The standard InChI is InChI=1S/C16H21ClN2O2/c1-11-3-5-13(6-4-11)16(21)19-9-7-14(8-10-19)18-15(20)12(2)17/h3-6,12,14H,7-10H2,1-2H3,(H,18,20). The fraction of sp³-hybridized carbons (Fsp3) is 0.500. The molecule has 0 saturated carbocycles. The van der Waals surface area contributed by atoms with Gasteiger partial charge in [0.05, 0.1) is 0 Å². The van der Waals surface area contributed by atoms with Crippen molar-refractivity contribution in [3.05, 3.63) is 35.4 Å². The number of hydrogen-bond donors (Lipinski definition) is 1. The van der Waals surface area contributed by atoms with Gasteiger partial charge in [0.1, 0.15) is 5.38 Å². The van der Waals surface area contributed by atoms with Gasteiger partial charge in [-0.3, -0.25) is 9.59 Å². The average Bonchev–Trinajstić information content (AvgIpc) is 2.48. The molecule has 0 spiro atoms. The fourth-order valence-electron chi connectivity index (χ4n) is 2.42. The highest BCUT2D eigenvalue weighted by Crippen LogP contribution is 2.15. The van der Waals surface area contributed by atoms with Gasteiger partial charge in [-0.2, -0.15) is 0 Å². The van der Waals surface area contributed by atoms with Crippen LogP contribution in [0.25, 0.3) is 0 Å². The van der Waals surface area contributed by atoms with Crippen LogP contribution in [0, 0.1) is 6.92 Å². The molecule has 1 saturated heterocycles. The first-order valence-electron chi connectivity index (χ1n) is 7.28. The van der Waals surface area contributed by atoms with E-state index in [1.807, 2.05) is 36.1 Å². The van der Waals surface area contributed by atoms with Crippen LogP contribution in [-0.2, 0) is 4.79 Å². The number of carbonyl (C=O) groups is 2. The average molecular weight is 309 g/mol. The van der Waals surface area contributed by atoms with E-state index in [9.17, 15) is 9.59 Å². The van der Waals surface area contributed by atoms with Gasteiger partial charge in [0.15, 0.2) is 0 Å². The summed E-state index contributed by atoms with van der Waals surface area (Å²) in [6, 6.07) is 7.73. The Bertz CT molecular complexity index is 506. The number of alkyl halides is 1. The van der Waals surface area contributed by atoms with Crippen molar-refractivity contribution in [2.24, 2.45) is 0 Å². The zero-order valence-electron chi connectivity index (χ0n) is 12.4. The van der Waals surface area contributed by atoms with E-state index in [0.717, 1.165) is 24.0 Å². The number of aryl methyl sites for hydroxylation is 1. The molecule has 1 aliphatic heterocycles. The number of carbonyl (C=O) groups excluding carboxylic acids is 2. The molecule has 0 bridgehead atoms. The van der Waals surface area contributed by atoms with E-state index in [4.69, 9.17) is 11.6 Å². The van der Waals surface area contributed by atoms with E-state index < -0.39 is 5.38 Å². The van der Waals surface area contributed by atoms with Gasteiger partial charge in [-0.25, -0.2) is 0 Å². The number of likely N-dealkylation sites (tertiary alicyclic amines) is 1. The molecule has 0 radical (unpaired) electrons. The molecule has 21 heavy (non-hydrogen) atoms. The topological polar surface area (TPSA) is 49.4 Å². The van der Waals surface area contributed by atoms with Crippen LogP contribution in [0.15, 0.2) is 24.3 Å². The second kappa shape index (κ2) is 6.94. The van der Waals surface area contributed by atoms with Gasteiger partial charge in [0.25, 0.3) is 5.91 Å². The summed E-state index contributed by atoms with van der Waals surface area (Å²) in [6.45, 7) is 4.98. The van der Waals surface area contributed by atoms with Gasteiger partial charge in [0, 0.05) is 24.7 Å². The van der Waals surface area contributed by atoms with Gasteiger partial charge in [-0.1, -0.05) is 17.7 Å². The summed E-state index contributed by atoms with van der Waals surface area (Å²) in [5.74, 6) is -0.0783. The van der Waals surface area contributed by atoms with Crippen LogP contribution < -0.4 is 5.32 Å². The molecule has 1 N–H and O–H groups in total. The van der Waals surface area contributed by atoms with Crippen molar-refractivity contribution in [2.45, 2.75) is 38.1 Å². The van der Waals surface area contributed by atoms with E-state index in [-0.39, 0.29) is 17.9 Å². The van der Waals surface area contributed by atoms with Gasteiger partial charge < -0.3 is 10.2 Å². The molecule has 1 unspecified atom stereocenters. The normalized spacial score (nSPS) is 17.4. The van der Waals surface area contributed by atoms with Crippen LogP contribution in [-0.4, -0.2) is 41.2 Å². The van der Waals surface area contributed by atoms with Crippen LogP contribution in [0.2, 0.25) is 0 Å². The number of rotatable bonds is 3. The zero-order chi connectivity index (χ0) is 15.4. The van der Waals surface area contributed by atoms with Crippen molar-refractivity contribution in [3.63, 3.8) is 0 Å². The lowest BCUT2D eigenvalue weighted by molar-refractivity contribution is -0.121. The molecule has 1 aromatic rings. The lowest BCUT2D eigenvalue weighted by Crippen LogP contribution is -2.47. The lowest BCUT2D eigenvalue weighted by atomic mass is 10.0. The Morgan fingerprint density at radius 1 is 1.24 bits per heavy atom. The van der Waals surface area contributed by atoms with Crippen molar-refractivity contribution in [3.8, 4) is 0 Å². The van der Waals surface area contributed by atoms with E-state index in [0.29, 0.717) is 13.1 Å². The molecule has 2 amide bonds. The fourth-order valence-corrected chi connectivity index (χ4v) is 2.48. The van der Waals surface area contributed by atoms with E-state index in [1.165, 1.54) is 0 Å². The number of benzene rings is 1. The van der Waals surface area contributed by atoms with Crippen LogP contribution in [0.5, 0.6) is 0 Å². The van der Waals surface area contributed by atoms with Gasteiger partial charge in [-0.15, -0.1) is 11.6 Å². The summed E-state index contributed by atoms with van der Waals surface area (Å²) >= 11 is 5.74. The van der Waals surface area contributed by atoms with Gasteiger partial charge >= 0.3 is 0 Å². The molecule has 1 fully saturated rings. The molecule has 4 nitrogen and oxygen atoms in total. The highest BCUT2D eigenvalue weighted by atomic mass is 35.5. The molecule has 1 heterocycles. The number of piperidine rings is 1. The molecule has 114 valence electrons. The predicted molar refractivity (Wildman–Crippen MR) is 83.6 cm³/mol. The van der Waals surface area contributed by atoms with Crippen molar-refractivity contribution < 1.29 is 9.59 Å². The van der Waals surface area contributed by atoms with Gasteiger partial charge in [0.2, 0.25) is 5.91 Å². The zero-order valence-corrected chi connectivity index (χ0v) is 13.2. The predicted octanol–water partition coefficient (Wildman–Crippen LogP) is 2.34. The second-order valence-corrected chi connectivity index (χ2v) is 6.21. The van der Waals surface area contributed by atoms with E-state index in [1.54, 1.807) is 6.92 Å². The third-order valence-corrected chi connectivity index (χ3v) is 3.99. The molecule has 5 heteroatoms. The monoisotopic (exact) mass is 308 g/mol. The first kappa shape index (κ1) is 15.8. The number of nitrogens with one attached hydrogen (secondary N) is 1. The van der Waals surface area contributed by atoms with Crippen molar-refractivity contribution in [1.29, 1.82) is 0 Å². The first-order valence-corrected chi connectivity index (χ1v) is 7.71. The number of nitrogens with zero attached hydrogens (tertiary/aromatic N) is 1. The van der Waals surface area contributed by atoms with Crippen molar-refractivity contribution in [2.75, 3.05) is 13.1 Å². The van der Waals surface area contributed by atoms with Crippen molar-refractivity contribution >= 4 is 23.4 Å². The SMILES string of the molecule is Cc1ccc(C(=O)N2CCC(NC(=O)C(C)Cl)CC2)cc1. The minimum Gasteiger partial charge on any atom is -0.352 e. The number of amides is 2. The van der Waals surface area contributed by atoms with Crippen LogP contribution in [0.3, 0.4) is 0 Å². The quantitative estimate of drug-likeness (QED) is 0.871. The Hall–Kier alpha value is -1.55. The Kier molecular flexibility index (Phi) is 5.23. The molecule has 0 aromatic heterocycles. The smallest absolute Gasteiger partial charge is 0.253 e. The first-order chi connectivity index (χ1) is 9.97. The largest absolute Gasteiger partial charge is 0.352 e. The Labute approximate surface area is 130 Å². The minimum absolute atomic E-state index is 0.0606. The maximum Gasteiger partial charge on any atom is 0.253 e. The van der Waals surface area contributed by atoms with Crippen molar-refractivity contribution in [1.82, 2.24) is 10.2 Å². The summed E-state index contributed by atoms with van der Waals surface area (Å²) in [6.07, 6.45) is 1.54. The molecular weight excluding hydrogens is 288 g/mol. The van der Waals surface area contributed by atoms with Gasteiger partial charge in [-0.05, 0) is 38.8 Å². The second-order valence-electron chi connectivity index (χ2n) is 5.56. The summed E-state index contributed by atoms with van der Waals surface area (Å²) in [5.41, 5.74) is 1.86. The number of hydrogen-bond acceptors (Lipinski definition) is 2. The number of halogens is 1. The molecule has 0 aliphatic carbocycles. The Morgan fingerprint density at radius 2 is 1.81 bits per heavy atom. The minimum atomic E-state index is -0.516. The summed E-state index contributed by atoms with van der Waals surface area (Å²) in [7, 11) is 0. The molecule has 1 aromatic carbocycles. The molecule has 2 rings (SSSR count).